The van der Waals surface area contributed by atoms with Gasteiger partial charge in [0, 0.05) is 0 Å². The second kappa shape index (κ2) is 6.40. The van der Waals surface area contributed by atoms with Crippen LogP contribution in [0.15, 0.2) is 48.5 Å². The highest BCUT2D eigenvalue weighted by Crippen LogP contribution is 2.26. The van der Waals surface area contributed by atoms with Crippen molar-refractivity contribution in [1.82, 2.24) is 0 Å². The summed E-state index contributed by atoms with van der Waals surface area (Å²) in [6.07, 6.45) is -4.68. The van der Waals surface area contributed by atoms with Gasteiger partial charge in [-0.25, -0.2) is 0 Å². The molecule has 5 heteroatoms. The number of ether oxygens (including phenoxy) is 1. The van der Waals surface area contributed by atoms with Gasteiger partial charge in [-0.2, -0.15) is 0 Å². The van der Waals surface area contributed by atoms with Crippen LogP contribution in [-0.2, 0) is 0 Å². The van der Waals surface area contributed by atoms with E-state index in [0.717, 1.165) is 11.1 Å². The first kappa shape index (κ1) is 16.4. The molecule has 0 bridgehead atoms. The van der Waals surface area contributed by atoms with E-state index >= 15 is 0 Å². The number of alkyl halides is 3. The number of benzene rings is 2. The maximum absolute atomic E-state index is 12.1. The SMILES string of the molecule is CC(C)c1ccc([C@@H](N)c2ccc(OC(F)(F)F)cc2)cc1. The van der Waals surface area contributed by atoms with Crippen molar-refractivity contribution in [2.45, 2.75) is 32.2 Å². The Hall–Kier alpha value is -2.01. The number of hydrogen-bond acceptors (Lipinski definition) is 2. The molecule has 0 aliphatic rings. The van der Waals surface area contributed by atoms with Crippen LogP contribution in [0.3, 0.4) is 0 Å². The molecule has 0 fully saturated rings. The first-order valence-electron chi connectivity index (χ1n) is 6.97. The van der Waals surface area contributed by atoms with Gasteiger partial charge in [0.2, 0.25) is 0 Å². The standard InChI is InChI=1S/C17H18F3NO/c1-11(2)12-3-5-13(6-4-12)16(21)14-7-9-15(10-8-14)22-17(18,19)20/h3-11,16H,21H2,1-2H3/t16-/m1/s1. The van der Waals surface area contributed by atoms with E-state index < -0.39 is 6.36 Å². The van der Waals surface area contributed by atoms with Crippen LogP contribution >= 0.6 is 0 Å². The zero-order valence-electron chi connectivity index (χ0n) is 12.4. The average Bonchev–Trinajstić information content (AvgIpc) is 2.46. The molecule has 2 aromatic carbocycles. The third-order valence-corrected chi connectivity index (χ3v) is 3.44. The Kier molecular flexibility index (Phi) is 4.76. The Balaban J connectivity index is 2.13. The summed E-state index contributed by atoms with van der Waals surface area (Å²) in [5.74, 6) is 0.183. The lowest BCUT2D eigenvalue weighted by Gasteiger charge is -2.15. The van der Waals surface area contributed by atoms with Crippen LogP contribution in [0.25, 0.3) is 0 Å². The Morgan fingerprint density at radius 3 is 1.64 bits per heavy atom. The van der Waals surface area contributed by atoms with Crippen molar-refractivity contribution in [2.75, 3.05) is 0 Å². The summed E-state index contributed by atoms with van der Waals surface area (Å²) in [7, 11) is 0. The summed E-state index contributed by atoms with van der Waals surface area (Å²) in [5, 5.41) is 0. The lowest BCUT2D eigenvalue weighted by Crippen LogP contribution is -2.17. The predicted molar refractivity (Wildman–Crippen MR) is 79.7 cm³/mol. The normalized spacial score (nSPS) is 13.2. The summed E-state index contributed by atoms with van der Waals surface area (Å²) in [4.78, 5) is 0. The van der Waals surface area contributed by atoms with Crippen molar-refractivity contribution in [2.24, 2.45) is 5.73 Å². The van der Waals surface area contributed by atoms with E-state index in [-0.39, 0.29) is 11.8 Å². The molecule has 0 unspecified atom stereocenters. The van der Waals surface area contributed by atoms with Gasteiger partial charge in [-0.05, 0) is 34.7 Å². The minimum Gasteiger partial charge on any atom is -0.406 e. The topological polar surface area (TPSA) is 35.2 Å². The molecule has 0 aliphatic carbocycles. The lowest BCUT2D eigenvalue weighted by atomic mass is 9.96. The molecule has 0 saturated carbocycles. The van der Waals surface area contributed by atoms with Crippen molar-refractivity contribution < 1.29 is 17.9 Å². The molecular weight excluding hydrogens is 291 g/mol. The van der Waals surface area contributed by atoms with Gasteiger partial charge >= 0.3 is 6.36 Å². The number of hydrogen-bond donors (Lipinski definition) is 1. The minimum absolute atomic E-state index is 0.251. The summed E-state index contributed by atoms with van der Waals surface area (Å²) in [6, 6.07) is 13.2. The van der Waals surface area contributed by atoms with Crippen LogP contribution in [-0.4, -0.2) is 6.36 Å². The molecule has 118 valence electrons. The van der Waals surface area contributed by atoms with Crippen molar-refractivity contribution in [3.05, 3.63) is 65.2 Å². The van der Waals surface area contributed by atoms with Crippen LogP contribution in [0.5, 0.6) is 5.75 Å². The highest BCUT2D eigenvalue weighted by atomic mass is 19.4. The molecule has 1 atom stereocenters. The van der Waals surface area contributed by atoms with Gasteiger partial charge in [-0.1, -0.05) is 50.2 Å². The van der Waals surface area contributed by atoms with Crippen LogP contribution in [0.4, 0.5) is 13.2 Å². The highest BCUT2D eigenvalue weighted by molar-refractivity contribution is 5.36. The van der Waals surface area contributed by atoms with E-state index in [1.165, 1.54) is 17.7 Å². The smallest absolute Gasteiger partial charge is 0.406 e. The zero-order chi connectivity index (χ0) is 16.3. The fraction of sp³-hybridized carbons (Fsp3) is 0.294. The largest absolute Gasteiger partial charge is 0.573 e. The summed E-state index contributed by atoms with van der Waals surface area (Å²) < 4.78 is 40.2. The van der Waals surface area contributed by atoms with Gasteiger partial charge < -0.3 is 10.5 Å². The first-order valence-corrected chi connectivity index (χ1v) is 6.97. The van der Waals surface area contributed by atoms with Crippen molar-refractivity contribution in [3.63, 3.8) is 0 Å². The van der Waals surface area contributed by atoms with Crippen molar-refractivity contribution >= 4 is 0 Å². The van der Waals surface area contributed by atoms with Crippen LogP contribution in [0.2, 0.25) is 0 Å². The van der Waals surface area contributed by atoms with Crippen LogP contribution < -0.4 is 10.5 Å². The molecule has 22 heavy (non-hydrogen) atoms. The molecule has 0 aromatic heterocycles. The Bertz CT molecular complexity index is 603. The van der Waals surface area contributed by atoms with Crippen LogP contribution in [0.1, 0.15) is 42.5 Å². The van der Waals surface area contributed by atoms with Crippen molar-refractivity contribution in [1.29, 1.82) is 0 Å². The monoisotopic (exact) mass is 309 g/mol. The molecule has 2 nitrogen and oxygen atoms in total. The second-order valence-electron chi connectivity index (χ2n) is 5.42. The Morgan fingerprint density at radius 1 is 0.818 bits per heavy atom. The molecule has 0 radical (unpaired) electrons. The summed E-state index contributed by atoms with van der Waals surface area (Å²) in [5.41, 5.74) is 9.01. The van der Waals surface area contributed by atoms with Gasteiger partial charge in [0.1, 0.15) is 5.75 Å². The average molecular weight is 309 g/mol. The second-order valence-corrected chi connectivity index (χ2v) is 5.42. The predicted octanol–water partition coefficient (Wildman–Crippen LogP) is 4.76. The van der Waals surface area contributed by atoms with Crippen molar-refractivity contribution in [3.8, 4) is 5.75 Å². The van der Waals surface area contributed by atoms with Gasteiger partial charge in [-0.15, -0.1) is 13.2 Å². The van der Waals surface area contributed by atoms with E-state index in [2.05, 4.69) is 18.6 Å². The molecule has 0 heterocycles. The number of rotatable bonds is 4. The molecule has 0 saturated heterocycles. The molecule has 2 N–H and O–H groups in total. The lowest BCUT2D eigenvalue weighted by molar-refractivity contribution is -0.274. The third-order valence-electron chi connectivity index (χ3n) is 3.44. The van der Waals surface area contributed by atoms with Gasteiger partial charge in [0.15, 0.2) is 0 Å². The maximum atomic E-state index is 12.1. The Morgan fingerprint density at radius 2 is 1.23 bits per heavy atom. The number of nitrogens with two attached hydrogens (primary N) is 1. The molecule has 2 aromatic rings. The molecule has 0 amide bonds. The van der Waals surface area contributed by atoms with E-state index in [4.69, 9.17) is 5.73 Å². The summed E-state index contributed by atoms with van der Waals surface area (Å²) >= 11 is 0. The quantitative estimate of drug-likeness (QED) is 0.884. The van der Waals surface area contributed by atoms with E-state index in [1.807, 2.05) is 24.3 Å². The maximum Gasteiger partial charge on any atom is 0.573 e. The van der Waals surface area contributed by atoms with Crippen LogP contribution in [0, 0.1) is 0 Å². The molecule has 0 spiro atoms. The van der Waals surface area contributed by atoms with E-state index in [9.17, 15) is 13.2 Å². The van der Waals surface area contributed by atoms with Gasteiger partial charge in [-0.3, -0.25) is 0 Å². The minimum atomic E-state index is -4.68. The molecule has 2 rings (SSSR count). The van der Waals surface area contributed by atoms with Gasteiger partial charge in [0.25, 0.3) is 0 Å². The zero-order valence-corrected chi connectivity index (χ0v) is 12.4. The molecular formula is C17H18F3NO. The highest BCUT2D eigenvalue weighted by Gasteiger charge is 2.31. The summed E-state index contributed by atoms with van der Waals surface area (Å²) in [6.45, 7) is 4.21. The number of halogens is 3. The third kappa shape index (κ3) is 4.24. The molecule has 0 aliphatic heterocycles. The first-order chi connectivity index (χ1) is 10.3. The Labute approximate surface area is 127 Å². The van der Waals surface area contributed by atoms with E-state index in [1.54, 1.807) is 12.1 Å². The fourth-order valence-corrected chi connectivity index (χ4v) is 2.16. The van der Waals surface area contributed by atoms with Gasteiger partial charge in [0.05, 0.1) is 6.04 Å². The van der Waals surface area contributed by atoms with E-state index in [0.29, 0.717) is 5.92 Å². The fourth-order valence-electron chi connectivity index (χ4n) is 2.16.